The maximum atomic E-state index is 10.7. The van der Waals surface area contributed by atoms with Crippen molar-refractivity contribution in [3.05, 3.63) is 163 Å². The molecule has 6 aromatic rings. The van der Waals surface area contributed by atoms with Crippen molar-refractivity contribution in [2.75, 3.05) is 0 Å². The first kappa shape index (κ1) is 48.5. The number of aromatic nitrogens is 6. The zero-order chi connectivity index (χ0) is 41.8. The predicted octanol–water partition coefficient (Wildman–Crippen LogP) is 6.84. The molecule has 0 bridgehead atoms. The third-order valence-corrected chi connectivity index (χ3v) is 7.72. The molecule has 14 heteroatoms. The number of aliphatic carboxylic acids is 1. The number of hydrogen-bond donors (Lipinski definition) is 1. The Bertz CT molecular complexity index is 2000. The second-order valence-electron chi connectivity index (χ2n) is 12.3. The minimum Gasteiger partial charge on any atom is -0.589 e. The van der Waals surface area contributed by atoms with Gasteiger partial charge in [0, 0.05) is 49.6 Å². The minimum absolute atomic E-state index is 0. The van der Waals surface area contributed by atoms with Gasteiger partial charge in [0.25, 0.3) is 0 Å². The Morgan fingerprint density at radius 2 is 1.07 bits per heavy atom. The van der Waals surface area contributed by atoms with E-state index in [2.05, 4.69) is 35.2 Å². The number of nitrogens with zero attached hydrogens (tertiary/aromatic N) is 7. The van der Waals surface area contributed by atoms with Gasteiger partial charge in [-0.25, -0.2) is 0 Å². The molecule has 0 atom stereocenters. The Hall–Kier alpha value is -6.66. The summed E-state index contributed by atoms with van der Waals surface area (Å²) in [6.45, 7) is 4.05. The van der Waals surface area contributed by atoms with E-state index < -0.39 is 17.8 Å². The van der Waals surface area contributed by atoms with Crippen molar-refractivity contribution in [1.29, 1.82) is 0 Å². The molecule has 59 heavy (non-hydrogen) atoms. The van der Waals surface area contributed by atoms with Gasteiger partial charge in [-0.1, -0.05) is 50.1 Å². The van der Waals surface area contributed by atoms with Crippen molar-refractivity contribution < 1.29 is 43.8 Å². The second-order valence-corrected chi connectivity index (χ2v) is 12.3. The number of rotatable bonds is 11. The van der Waals surface area contributed by atoms with Crippen LogP contribution in [0.1, 0.15) is 56.6 Å². The zero-order valence-corrected chi connectivity index (χ0v) is 34.6. The van der Waals surface area contributed by atoms with E-state index in [1.165, 1.54) is 0 Å². The Kier molecular flexibility index (Phi) is 23.6. The molecule has 0 saturated carbocycles. The molecule has 0 spiro atoms. The van der Waals surface area contributed by atoms with E-state index in [1.54, 1.807) is 37.2 Å². The molecule has 7 heterocycles. The average Bonchev–Trinajstić information content (AvgIpc) is 3.65. The third kappa shape index (κ3) is 20.4. The molecular formula is C45H46N8O5Ru. The molecule has 1 aliphatic heterocycles. The normalized spacial score (nSPS) is 10.6. The summed E-state index contributed by atoms with van der Waals surface area (Å²) in [6, 6.07) is 31.1. The van der Waals surface area contributed by atoms with Crippen LogP contribution in [-0.4, -0.2) is 53.6 Å². The Morgan fingerprint density at radius 3 is 1.44 bits per heavy atom. The van der Waals surface area contributed by atoms with Crippen LogP contribution in [0.4, 0.5) is 0 Å². The van der Waals surface area contributed by atoms with Crippen LogP contribution in [0, 0.1) is 6.92 Å². The summed E-state index contributed by atoms with van der Waals surface area (Å²) in [4.78, 5) is 65.9. The molecule has 6 aromatic heterocycles. The van der Waals surface area contributed by atoms with E-state index in [1.807, 2.05) is 111 Å². The molecule has 0 fully saturated rings. The van der Waals surface area contributed by atoms with Crippen LogP contribution in [0.15, 0.2) is 146 Å². The van der Waals surface area contributed by atoms with Gasteiger partial charge in [0.1, 0.15) is 0 Å². The number of pyridine rings is 6. The van der Waals surface area contributed by atoms with Crippen LogP contribution in [0.3, 0.4) is 0 Å². The van der Waals surface area contributed by atoms with Gasteiger partial charge in [-0.05, 0) is 123 Å². The largest absolute Gasteiger partial charge is 2.00 e. The van der Waals surface area contributed by atoms with Crippen LogP contribution in [0.5, 0.6) is 0 Å². The summed E-state index contributed by atoms with van der Waals surface area (Å²) in [5, 5.41) is 12.8. The molecule has 13 nitrogen and oxygen atoms in total. The molecule has 0 aliphatic carbocycles. The van der Waals surface area contributed by atoms with Crippen LogP contribution >= 0.6 is 0 Å². The molecule has 0 saturated heterocycles. The van der Waals surface area contributed by atoms with E-state index >= 15 is 0 Å². The maximum Gasteiger partial charge on any atom is 2.00 e. The number of carboxylic acid groups (broad SMARTS) is 1. The van der Waals surface area contributed by atoms with Gasteiger partial charge in [-0.15, -0.1) is 0 Å². The van der Waals surface area contributed by atoms with E-state index in [9.17, 15) is 24.3 Å². The zero-order valence-electron chi connectivity index (χ0n) is 32.9. The van der Waals surface area contributed by atoms with Crippen LogP contribution in [-0.2, 0) is 45.1 Å². The van der Waals surface area contributed by atoms with Gasteiger partial charge in [0.15, 0.2) is 0 Å². The molecule has 0 unspecified atom stereocenters. The third-order valence-electron chi connectivity index (χ3n) is 7.72. The number of carbonyl (C=O) groups is 4. The second kappa shape index (κ2) is 28.7. The number of imide groups is 1. The van der Waals surface area contributed by atoms with Crippen LogP contribution < -0.4 is 10.8 Å². The smallest absolute Gasteiger partial charge is 0.589 e. The molecule has 0 radical (unpaired) electrons. The van der Waals surface area contributed by atoms with Gasteiger partial charge >= 0.3 is 19.5 Å². The number of nitrogens with two attached hydrogens (primary N) is 1. The summed E-state index contributed by atoms with van der Waals surface area (Å²) in [5.41, 5.74) is 12.8. The fourth-order valence-electron chi connectivity index (χ4n) is 4.88. The fraction of sp³-hybridized carbons (Fsp3) is 0.200. The molecule has 7 rings (SSSR count). The Balaban J connectivity index is 0.000000265. The maximum absolute atomic E-state index is 10.7. The Morgan fingerprint density at radius 1 is 0.593 bits per heavy atom. The molecular weight excluding hydrogens is 834 g/mol. The number of primary amides is 1. The summed E-state index contributed by atoms with van der Waals surface area (Å²) in [7, 11) is 0. The molecule has 2 N–H and O–H groups in total. The van der Waals surface area contributed by atoms with E-state index in [4.69, 9.17) is 5.73 Å². The fourth-order valence-corrected chi connectivity index (χ4v) is 4.88. The van der Waals surface area contributed by atoms with Crippen molar-refractivity contribution in [2.24, 2.45) is 5.73 Å². The molecule has 3 amide bonds. The first-order valence-electron chi connectivity index (χ1n) is 18.6. The van der Waals surface area contributed by atoms with Crippen molar-refractivity contribution in [3.63, 3.8) is 0 Å². The Labute approximate surface area is 357 Å². The summed E-state index contributed by atoms with van der Waals surface area (Å²) in [6.07, 6.45) is 17.9. The average molecular weight is 880 g/mol. The number of aryl methyl sites for hydroxylation is 2. The summed E-state index contributed by atoms with van der Waals surface area (Å²) >= 11 is 0. The van der Waals surface area contributed by atoms with Crippen molar-refractivity contribution in [1.82, 2.24) is 29.9 Å². The quantitative estimate of drug-likeness (QED) is 0.0809. The SMILES string of the molecule is CCCCCC(=O)[O-].Cc1cccnc1-c1cc(CCCC(N)=O)ccn1.O=C1C=CC(=O)[N-]1.[Ru+2].c1ccc(-c2ccccn2)nc1.c1ccc(-c2ccccn2)nc1. The van der Waals surface area contributed by atoms with Crippen molar-refractivity contribution in [3.8, 4) is 34.2 Å². The number of carboxylic acids is 1. The molecule has 1 aliphatic rings. The number of unbranched alkanes of at least 4 members (excludes halogenated alkanes) is 2. The minimum atomic E-state index is -0.932. The van der Waals surface area contributed by atoms with E-state index in [-0.39, 0.29) is 31.8 Å². The van der Waals surface area contributed by atoms with Crippen LogP contribution in [0.2, 0.25) is 0 Å². The summed E-state index contributed by atoms with van der Waals surface area (Å²) in [5.74, 6) is -2.09. The van der Waals surface area contributed by atoms with Crippen LogP contribution in [0.25, 0.3) is 39.5 Å². The summed E-state index contributed by atoms with van der Waals surface area (Å²) < 4.78 is 0. The first-order valence-corrected chi connectivity index (χ1v) is 18.6. The number of carbonyl (C=O) groups excluding carboxylic acids is 4. The van der Waals surface area contributed by atoms with Crippen molar-refractivity contribution in [2.45, 2.75) is 58.8 Å². The van der Waals surface area contributed by atoms with Gasteiger partial charge in [-0.2, -0.15) is 0 Å². The van der Waals surface area contributed by atoms with E-state index in [0.717, 1.165) is 89.5 Å². The van der Waals surface area contributed by atoms with Gasteiger partial charge in [0.05, 0.1) is 46.0 Å². The van der Waals surface area contributed by atoms with Gasteiger partial charge in [0.2, 0.25) is 5.91 Å². The van der Waals surface area contributed by atoms with Gasteiger partial charge < -0.3 is 30.5 Å². The molecule has 304 valence electrons. The number of amides is 3. The predicted molar refractivity (Wildman–Crippen MR) is 221 cm³/mol. The molecule has 0 aromatic carbocycles. The first-order chi connectivity index (χ1) is 28.2. The van der Waals surface area contributed by atoms with Gasteiger partial charge in [-0.3, -0.25) is 34.7 Å². The standard InChI is InChI=1S/C15H17N3O.2C10H8N2.C6H12O2.C4H3NO2.Ru/c1-11-4-3-8-18-15(11)13-10-12(7-9-17-13)5-2-6-14(16)19;2*1-3-7-11-9(5-1)10-6-2-4-8-12-10;1-2-3-4-5-6(7)8;6-3-1-2-4(7)5-3;/h3-4,7-10H,2,5-6H2,1H3,(H2,16,19);2*1-8H;2-5H2,1H3,(H,7,8);1-2H,(H,5,6,7);/q;;;;;+2/p-2. The van der Waals surface area contributed by atoms with Crippen molar-refractivity contribution >= 4 is 23.7 Å². The number of hydrogen-bond acceptors (Lipinski definition) is 11. The topological polar surface area (TPSA) is 209 Å². The monoisotopic (exact) mass is 880 g/mol. The van der Waals surface area contributed by atoms with E-state index in [0.29, 0.717) is 6.42 Å².